The number of carbonyl (C=O) groups is 1. The van der Waals surface area contributed by atoms with E-state index in [-0.39, 0.29) is 30.5 Å². The summed E-state index contributed by atoms with van der Waals surface area (Å²) < 4.78 is 82.0. The summed E-state index contributed by atoms with van der Waals surface area (Å²) in [4.78, 5) is 14.8. The van der Waals surface area contributed by atoms with Gasteiger partial charge in [-0.25, -0.2) is 22.0 Å². The van der Waals surface area contributed by atoms with Crippen molar-refractivity contribution in [2.75, 3.05) is 18.9 Å². The fourth-order valence-corrected chi connectivity index (χ4v) is 5.96. The van der Waals surface area contributed by atoms with Crippen molar-refractivity contribution in [3.8, 4) is 0 Å². The lowest BCUT2D eigenvalue weighted by Crippen LogP contribution is -2.38. The van der Waals surface area contributed by atoms with Crippen LogP contribution in [0.5, 0.6) is 0 Å². The number of rotatable bonds is 9. The molecule has 49 heavy (non-hydrogen) atoms. The van der Waals surface area contributed by atoms with E-state index in [1.165, 1.54) is 12.1 Å². The first-order chi connectivity index (χ1) is 23.5. The molecule has 5 aromatic carbocycles. The number of fused-ring (bicyclic) bond motifs is 1. The van der Waals surface area contributed by atoms with Crippen molar-refractivity contribution in [1.29, 1.82) is 0 Å². The highest BCUT2D eigenvalue weighted by atomic mass is 19.2. The molecule has 0 aromatic heterocycles. The second-order valence-electron chi connectivity index (χ2n) is 12.1. The Bertz CT molecular complexity index is 1940. The number of benzene rings is 5. The lowest BCUT2D eigenvalue weighted by atomic mass is 9.98. The van der Waals surface area contributed by atoms with Crippen molar-refractivity contribution >= 4 is 22.4 Å². The summed E-state index contributed by atoms with van der Waals surface area (Å²) >= 11 is 0. The standard InChI is InChI=1S/C38H33F5N2O4/c1-21(26-12-11-23-5-3-4-6-27(23)17-26)45(2)19-29-18-30(24-9-7-22(20-46)8-10-24)49-38(48-29)25-13-15-28(16-14-25)44-37(47)31-32(39)34(41)36(43)35(42)33(31)40/h3-17,21,29-30,38,46H,18-20H2,1-2H3,(H,44,47). The maximum Gasteiger partial charge on any atom is 0.261 e. The molecule has 0 radical (unpaired) electrons. The molecule has 254 valence electrons. The van der Waals surface area contributed by atoms with Crippen LogP contribution in [0.15, 0.2) is 91.0 Å². The Balaban J connectivity index is 1.21. The number of hydrogen-bond acceptors (Lipinski definition) is 5. The first-order valence-corrected chi connectivity index (χ1v) is 15.7. The molecule has 6 nitrogen and oxygen atoms in total. The lowest BCUT2D eigenvalue weighted by Gasteiger charge is -2.39. The van der Waals surface area contributed by atoms with Gasteiger partial charge in [-0.1, -0.05) is 72.8 Å². The Morgan fingerprint density at radius 3 is 2.08 bits per heavy atom. The van der Waals surface area contributed by atoms with Gasteiger partial charge in [0.25, 0.3) is 5.91 Å². The predicted octanol–water partition coefficient (Wildman–Crippen LogP) is 8.52. The van der Waals surface area contributed by atoms with Crippen molar-refractivity contribution in [3.63, 3.8) is 0 Å². The van der Waals surface area contributed by atoms with Crippen LogP contribution in [0.2, 0.25) is 0 Å². The monoisotopic (exact) mass is 676 g/mol. The minimum atomic E-state index is -2.35. The van der Waals surface area contributed by atoms with Gasteiger partial charge >= 0.3 is 0 Å². The number of aliphatic hydroxyl groups excluding tert-OH is 1. The number of aliphatic hydroxyl groups is 1. The Morgan fingerprint density at radius 2 is 1.43 bits per heavy atom. The average Bonchev–Trinajstić information content (AvgIpc) is 3.13. The van der Waals surface area contributed by atoms with Gasteiger partial charge in [-0.15, -0.1) is 0 Å². The molecule has 0 saturated carbocycles. The molecular weight excluding hydrogens is 643 g/mol. The number of anilines is 1. The Labute approximate surface area is 279 Å². The molecule has 1 amide bonds. The van der Waals surface area contributed by atoms with E-state index >= 15 is 0 Å². The molecule has 2 N–H and O–H groups in total. The SMILES string of the molecule is CC(c1ccc2ccccc2c1)N(C)CC1CC(c2ccc(CO)cc2)OC(c2ccc(NC(=O)c3c(F)c(F)c(F)c(F)c3F)cc2)O1. The van der Waals surface area contributed by atoms with Crippen LogP contribution in [-0.4, -0.2) is 35.6 Å². The van der Waals surface area contributed by atoms with Gasteiger partial charge < -0.3 is 19.9 Å². The van der Waals surface area contributed by atoms with E-state index in [0.717, 1.165) is 27.5 Å². The number of nitrogens with one attached hydrogen (secondary N) is 1. The molecule has 0 spiro atoms. The van der Waals surface area contributed by atoms with Crippen LogP contribution >= 0.6 is 0 Å². The number of amides is 1. The molecule has 0 bridgehead atoms. The van der Waals surface area contributed by atoms with E-state index < -0.39 is 46.8 Å². The van der Waals surface area contributed by atoms with E-state index in [2.05, 4.69) is 47.5 Å². The fourth-order valence-electron chi connectivity index (χ4n) is 5.96. The summed E-state index contributed by atoms with van der Waals surface area (Å²) in [5.41, 5.74) is 1.85. The summed E-state index contributed by atoms with van der Waals surface area (Å²) in [6, 6.07) is 28.1. The normalized spacial score (nSPS) is 18.5. The molecule has 4 atom stereocenters. The molecule has 1 fully saturated rings. The zero-order valence-electron chi connectivity index (χ0n) is 26.6. The van der Waals surface area contributed by atoms with Gasteiger partial charge in [-0.05, 0) is 59.6 Å². The molecular formula is C38H33F5N2O4. The van der Waals surface area contributed by atoms with Crippen molar-refractivity contribution < 1.29 is 41.3 Å². The number of halogens is 5. The van der Waals surface area contributed by atoms with Crippen LogP contribution in [0.4, 0.5) is 27.6 Å². The molecule has 1 aliphatic rings. The number of ether oxygens (including phenoxy) is 2. The van der Waals surface area contributed by atoms with E-state index in [9.17, 15) is 31.9 Å². The second kappa shape index (κ2) is 14.4. The van der Waals surface area contributed by atoms with Crippen molar-refractivity contribution in [2.24, 2.45) is 0 Å². The Hall–Kier alpha value is -4.68. The minimum Gasteiger partial charge on any atom is -0.392 e. The molecule has 0 aliphatic carbocycles. The summed E-state index contributed by atoms with van der Waals surface area (Å²) in [7, 11) is 2.03. The highest BCUT2D eigenvalue weighted by Gasteiger charge is 2.34. The third kappa shape index (κ3) is 7.20. The largest absolute Gasteiger partial charge is 0.392 e. The third-order valence-corrected chi connectivity index (χ3v) is 8.90. The van der Waals surface area contributed by atoms with Crippen LogP contribution in [0.1, 0.15) is 64.4 Å². The van der Waals surface area contributed by atoms with Gasteiger partial charge in [0.2, 0.25) is 5.82 Å². The summed E-state index contributed by atoms with van der Waals surface area (Å²) in [5, 5.41) is 14.0. The molecule has 1 heterocycles. The van der Waals surface area contributed by atoms with Crippen molar-refractivity contribution in [2.45, 2.75) is 44.5 Å². The first-order valence-electron chi connectivity index (χ1n) is 15.7. The molecule has 1 saturated heterocycles. The quantitative estimate of drug-likeness (QED) is 0.0931. The molecule has 4 unspecified atom stereocenters. The highest BCUT2D eigenvalue weighted by Crippen LogP contribution is 2.39. The maximum absolute atomic E-state index is 14.2. The summed E-state index contributed by atoms with van der Waals surface area (Å²) in [6.07, 6.45) is -0.942. The molecule has 1 aliphatic heterocycles. The highest BCUT2D eigenvalue weighted by molar-refractivity contribution is 6.04. The van der Waals surface area contributed by atoms with Crippen LogP contribution < -0.4 is 5.32 Å². The third-order valence-electron chi connectivity index (χ3n) is 8.90. The topological polar surface area (TPSA) is 71.0 Å². The van der Waals surface area contributed by atoms with E-state index in [4.69, 9.17) is 9.47 Å². The van der Waals surface area contributed by atoms with E-state index in [1.807, 2.05) is 43.4 Å². The summed E-state index contributed by atoms with van der Waals surface area (Å²) in [6.45, 7) is 2.60. The number of hydrogen-bond donors (Lipinski definition) is 2. The van der Waals surface area contributed by atoms with Crippen LogP contribution in [-0.2, 0) is 16.1 Å². The zero-order chi connectivity index (χ0) is 34.8. The van der Waals surface area contributed by atoms with Crippen LogP contribution in [0.3, 0.4) is 0 Å². The van der Waals surface area contributed by atoms with Gasteiger partial charge in [0, 0.05) is 30.3 Å². The average molecular weight is 677 g/mol. The van der Waals surface area contributed by atoms with E-state index in [0.29, 0.717) is 18.5 Å². The van der Waals surface area contributed by atoms with Gasteiger partial charge in [0.05, 0.1) is 18.8 Å². The molecule has 11 heteroatoms. The number of nitrogens with zero attached hydrogens (tertiary/aromatic N) is 1. The molecule has 5 aromatic rings. The Kier molecular flexibility index (Phi) is 10.1. The van der Waals surface area contributed by atoms with Crippen LogP contribution in [0, 0.1) is 29.1 Å². The second-order valence-corrected chi connectivity index (χ2v) is 12.1. The predicted molar refractivity (Wildman–Crippen MR) is 174 cm³/mol. The van der Waals surface area contributed by atoms with Gasteiger partial charge in [-0.2, -0.15) is 0 Å². The van der Waals surface area contributed by atoms with Crippen molar-refractivity contribution in [1.82, 2.24) is 4.90 Å². The van der Waals surface area contributed by atoms with Crippen LogP contribution in [0.25, 0.3) is 10.8 Å². The number of carbonyl (C=O) groups excluding carboxylic acids is 1. The fraction of sp³-hybridized carbons (Fsp3) is 0.237. The van der Waals surface area contributed by atoms with Gasteiger partial charge in [-0.3, -0.25) is 9.69 Å². The van der Waals surface area contributed by atoms with E-state index in [1.54, 1.807) is 12.1 Å². The zero-order valence-corrected chi connectivity index (χ0v) is 26.6. The lowest BCUT2D eigenvalue weighted by molar-refractivity contribution is -0.253. The minimum absolute atomic E-state index is 0.0464. The van der Waals surface area contributed by atoms with Crippen molar-refractivity contribution in [3.05, 3.63) is 148 Å². The van der Waals surface area contributed by atoms with Gasteiger partial charge in [0.15, 0.2) is 29.6 Å². The van der Waals surface area contributed by atoms with Gasteiger partial charge in [0.1, 0.15) is 5.56 Å². The molecule has 6 rings (SSSR count). The smallest absolute Gasteiger partial charge is 0.261 e. The Morgan fingerprint density at radius 1 is 0.816 bits per heavy atom. The summed E-state index contributed by atoms with van der Waals surface area (Å²) in [5.74, 6) is -12.7. The first kappa shape index (κ1) is 34.2. The number of likely N-dealkylation sites (N-methyl/N-ethyl adjacent to an activating group) is 1. The maximum atomic E-state index is 14.2.